The first-order valence-electron chi connectivity index (χ1n) is 9.11. The first-order chi connectivity index (χ1) is 13.1. The highest BCUT2D eigenvalue weighted by Gasteiger charge is 2.19. The maximum Gasteiger partial charge on any atom is 0.303 e. The Hall–Kier alpha value is -2.86. The molecule has 0 bridgehead atoms. The molecule has 0 aromatic heterocycles. The van der Waals surface area contributed by atoms with Gasteiger partial charge in [0.2, 0.25) is 5.91 Å². The van der Waals surface area contributed by atoms with Crippen LogP contribution in [0.5, 0.6) is 0 Å². The van der Waals surface area contributed by atoms with Crippen LogP contribution in [-0.4, -0.2) is 43.3 Å². The number of anilines is 2. The van der Waals surface area contributed by atoms with Crippen molar-refractivity contribution >= 4 is 23.3 Å². The molecule has 0 unspecified atom stereocenters. The number of aliphatic carboxylic acids is 1. The van der Waals surface area contributed by atoms with Crippen LogP contribution in [-0.2, 0) is 14.3 Å². The van der Waals surface area contributed by atoms with Gasteiger partial charge in [-0.15, -0.1) is 0 Å². The molecule has 6 heteroatoms. The maximum absolute atomic E-state index is 12.4. The highest BCUT2D eigenvalue weighted by Crippen LogP contribution is 2.25. The fourth-order valence-electron chi connectivity index (χ4n) is 3.26. The number of rotatable bonds is 7. The lowest BCUT2D eigenvalue weighted by molar-refractivity contribution is -0.137. The monoisotopic (exact) mass is 368 g/mol. The van der Waals surface area contributed by atoms with Crippen LogP contribution in [0.4, 0.5) is 11.4 Å². The first-order valence-corrected chi connectivity index (χ1v) is 9.11. The summed E-state index contributed by atoms with van der Waals surface area (Å²) in [6.07, 6.45) is 0.0505. The third kappa shape index (κ3) is 5.56. The number of carbonyl (C=O) groups excluding carboxylic acids is 1. The number of ether oxygens (including phenoxy) is 1. The zero-order valence-corrected chi connectivity index (χ0v) is 15.1. The Labute approximate surface area is 158 Å². The molecule has 1 amide bonds. The SMILES string of the molecule is O=C(O)C[C@@H](CC(=O)Nc1ccc(N2CCOCC2)cc1)c1ccccc1. The van der Waals surface area contributed by atoms with Crippen molar-refractivity contribution in [3.63, 3.8) is 0 Å². The van der Waals surface area contributed by atoms with E-state index in [1.165, 1.54) is 0 Å². The number of hydrogen-bond donors (Lipinski definition) is 2. The minimum absolute atomic E-state index is 0.0760. The summed E-state index contributed by atoms with van der Waals surface area (Å²) in [5.41, 5.74) is 2.67. The molecule has 2 aromatic rings. The molecular weight excluding hydrogens is 344 g/mol. The average Bonchev–Trinajstić information content (AvgIpc) is 2.69. The van der Waals surface area contributed by atoms with E-state index in [0.29, 0.717) is 5.69 Å². The molecule has 0 spiro atoms. The highest BCUT2D eigenvalue weighted by atomic mass is 16.5. The predicted octanol–water partition coefficient (Wildman–Crippen LogP) is 3.11. The topological polar surface area (TPSA) is 78.9 Å². The van der Waals surface area contributed by atoms with Gasteiger partial charge < -0.3 is 20.1 Å². The van der Waals surface area contributed by atoms with Gasteiger partial charge in [0.25, 0.3) is 0 Å². The van der Waals surface area contributed by atoms with Gasteiger partial charge in [0.15, 0.2) is 0 Å². The molecule has 1 aliphatic heterocycles. The molecular formula is C21H24N2O4. The molecule has 27 heavy (non-hydrogen) atoms. The van der Waals surface area contributed by atoms with Crippen molar-refractivity contribution in [1.29, 1.82) is 0 Å². The van der Waals surface area contributed by atoms with Crippen LogP contribution in [0.25, 0.3) is 0 Å². The van der Waals surface area contributed by atoms with Gasteiger partial charge in [-0.3, -0.25) is 9.59 Å². The molecule has 1 aliphatic rings. The van der Waals surface area contributed by atoms with Gasteiger partial charge in [0.1, 0.15) is 0 Å². The summed E-state index contributed by atoms with van der Waals surface area (Å²) in [4.78, 5) is 25.8. The Bertz CT molecular complexity index is 756. The molecule has 3 rings (SSSR count). The molecule has 0 aliphatic carbocycles. The molecule has 1 atom stereocenters. The van der Waals surface area contributed by atoms with E-state index in [4.69, 9.17) is 9.84 Å². The number of carboxylic acids is 1. The second kappa shape index (κ2) is 9.19. The van der Waals surface area contributed by atoms with Crippen molar-refractivity contribution in [2.24, 2.45) is 0 Å². The van der Waals surface area contributed by atoms with Crippen LogP contribution in [0.2, 0.25) is 0 Å². The van der Waals surface area contributed by atoms with Gasteiger partial charge in [-0.2, -0.15) is 0 Å². The minimum atomic E-state index is -0.911. The van der Waals surface area contributed by atoms with Crippen molar-refractivity contribution in [3.8, 4) is 0 Å². The number of hydrogen-bond acceptors (Lipinski definition) is 4. The highest BCUT2D eigenvalue weighted by molar-refractivity contribution is 5.91. The smallest absolute Gasteiger partial charge is 0.303 e. The number of nitrogens with zero attached hydrogens (tertiary/aromatic N) is 1. The van der Waals surface area contributed by atoms with Crippen LogP contribution < -0.4 is 10.2 Å². The van der Waals surface area contributed by atoms with E-state index in [9.17, 15) is 9.59 Å². The number of carboxylic acid groups (broad SMARTS) is 1. The van der Waals surface area contributed by atoms with Crippen LogP contribution in [0.3, 0.4) is 0 Å². The summed E-state index contributed by atoms with van der Waals surface area (Å²) in [5.74, 6) is -1.45. The van der Waals surface area contributed by atoms with Gasteiger partial charge in [-0.1, -0.05) is 30.3 Å². The molecule has 0 saturated carbocycles. The summed E-state index contributed by atoms with van der Waals surface area (Å²) in [5, 5.41) is 12.0. The Morgan fingerprint density at radius 3 is 2.30 bits per heavy atom. The number of benzene rings is 2. The Kier molecular flexibility index (Phi) is 6.44. The van der Waals surface area contributed by atoms with E-state index in [2.05, 4.69) is 10.2 Å². The molecule has 142 valence electrons. The molecule has 1 fully saturated rings. The number of amides is 1. The fraction of sp³-hybridized carbons (Fsp3) is 0.333. The van der Waals surface area contributed by atoms with Crippen LogP contribution in [0, 0.1) is 0 Å². The first kappa shape index (κ1) is 18.9. The lowest BCUT2D eigenvalue weighted by atomic mass is 9.92. The number of nitrogens with one attached hydrogen (secondary N) is 1. The molecule has 6 nitrogen and oxygen atoms in total. The fourth-order valence-corrected chi connectivity index (χ4v) is 3.26. The summed E-state index contributed by atoms with van der Waals surface area (Å²) in [6.45, 7) is 3.17. The summed E-state index contributed by atoms with van der Waals surface area (Å²) >= 11 is 0. The van der Waals surface area contributed by atoms with Gasteiger partial charge in [0, 0.05) is 36.8 Å². The molecule has 1 heterocycles. The molecule has 1 saturated heterocycles. The van der Waals surface area contributed by atoms with E-state index < -0.39 is 5.97 Å². The van der Waals surface area contributed by atoms with Crippen molar-refractivity contribution < 1.29 is 19.4 Å². The lowest BCUT2D eigenvalue weighted by Gasteiger charge is -2.28. The zero-order chi connectivity index (χ0) is 19.1. The average molecular weight is 368 g/mol. The van der Waals surface area contributed by atoms with E-state index in [1.807, 2.05) is 54.6 Å². The lowest BCUT2D eigenvalue weighted by Crippen LogP contribution is -2.36. The van der Waals surface area contributed by atoms with E-state index in [0.717, 1.165) is 37.6 Å². The van der Waals surface area contributed by atoms with Gasteiger partial charge in [0.05, 0.1) is 19.6 Å². The van der Waals surface area contributed by atoms with Crippen LogP contribution in [0.1, 0.15) is 24.3 Å². The summed E-state index contributed by atoms with van der Waals surface area (Å²) in [6, 6.07) is 17.0. The zero-order valence-electron chi connectivity index (χ0n) is 15.1. The normalized spacial score (nSPS) is 15.2. The Morgan fingerprint density at radius 1 is 1.00 bits per heavy atom. The summed E-state index contributed by atoms with van der Waals surface area (Å²) < 4.78 is 5.36. The largest absolute Gasteiger partial charge is 0.481 e. The number of carbonyl (C=O) groups is 2. The second-order valence-electron chi connectivity index (χ2n) is 6.60. The Balaban J connectivity index is 1.60. The molecule has 0 radical (unpaired) electrons. The van der Waals surface area contributed by atoms with Crippen LogP contribution >= 0.6 is 0 Å². The van der Waals surface area contributed by atoms with E-state index in [-0.39, 0.29) is 24.7 Å². The minimum Gasteiger partial charge on any atom is -0.481 e. The van der Waals surface area contributed by atoms with Gasteiger partial charge >= 0.3 is 5.97 Å². The number of morpholine rings is 1. The molecule has 2 N–H and O–H groups in total. The third-order valence-corrected chi connectivity index (χ3v) is 4.65. The predicted molar refractivity (Wildman–Crippen MR) is 104 cm³/mol. The van der Waals surface area contributed by atoms with E-state index in [1.54, 1.807) is 0 Å². The van der Waals surface area contributed by atoms with E-state index >= 15 is 0 Å². The third-order valence-electron chi connectivity index (χ3n) is 4.65. The van der Waals surface area contributed by atoms with Crippen molar-refractivity contribution in [3.05, 3.63) is 60.2 Å². The quantitative estimate of drug-likeness (QED) is 0.785. The van der Waals surface area contributed by atoms with Gasteiger partial charge in [-0.05, 0) is 29.8 Å². The van der Waals surface area contributed by atoms with Crippen LogP contribution in [0.15, 0.2) is 54.6 Å². The standard InChI is InChI=1S/C21H24N2O4/c24-20(14-17(15-21(25)26)16-4-2-1-3-5-16)22-18-6-8-19(9-7-18)23-10-12-27-13-11-23/h1-9,17H,10-15H2,(H,22,24)(H,25,26)/t17-/m1/s1. The maximum atomic E-state index is 12.4. The second-order valence-corrected chi connectivity index (χ2v) is 6.60. The van der Waals surface area contributed by atoms with Crippen molar-refractivity contribution in [2.45, 2.75) is 18.8 Å². The molecule has 2 aromatic carbocycles. The van der Waals surface area contributed by atoms with Crippen molar-refractivity contribution in [2.75, 3.05) is 36.5 Å². The van der Waals surface area contributed by atoms with Crippen molar-refractivity contribution in [1.82, 2.24) is 0 Å². The summed E-state index contributed by atoms with van der Waals surface area (Å²) in [7, 11) is 0. The Morgan fingerprint density at radius 2 is 1.67 bits per heavy atom. The van der Waals surface area contributed by atoms with Gasteiger partial charge in [-0.25, -0.2) is 0 Å².